The van der Waals surface area contributed by atoms with Crippen molar-refractivity contribution in [3.05, 3.63) is 38.0 Å². The van der Waals surface area contributed by atoms with Crippen molar-refractivity contribution in [2.75, 3.05) is 0 Å². The van der Waals surface area contributed by atoms with Crippen LogP contribution in [-0.2, 0) is 13.0 Å². The zero-order chi connectivity index (χ0) is 14.5. The SMILES string of the molecule is Cc1nc(CNC(=O)N[C@@H](C)Cc2ccsc2)sc1C. The maximum Gasteiger partial charge on any atom is 0.315 e. The van der Waals surface area contributed by atoms with Crippen LogP contribution in [0.1, 0.15) is 28.1 Å². The van der Waals surface area contributed by atoms with Gasteiger partial charge in [0.25, 0.3) is 0 Å². The lowest BCUT2D eigenvalue weighted by atomic mass is 10.1. The minimum atomic E-state index is -0.141. The number of hydrogen-bond donors (Lipinski definition) is 2. The van der Waals surface area contributed by atoms with Gasteiger partial charge in [0.15, 0.2) is 0 Å². The number of aryl methyl sites for hydroxylation is 2. The number of carbonyl (C=O) groups excluding carboxylic acids is 1. The summed E-state index contributed by atoms with van der Waals surface area (Å²) in [5.74, 6) is 0. The van der Waals surface area contributed by atoms with Crippen LogP contribution in [0.25, 0.3) is 0 Å². The van der Waals surface area contributed by atoms with Crippen LogP contribution >= 0.6 is 22.7 Å². The Hall–Kier alpha value is -1.40. The van der Waals surface area contributed by atoms with Crippen LogP contribution in [0.2, 0.25) is 0 Å². The van der Waals surface area contributed by atoms with Gasteiger partial charge < -0.3 is 10.6 Å². The molecule has 2 amide bonds. The molecule has 0 aliphatic rings. The number of thiazole rings is 1. The van der Waals surface area contributed by atoms with Gasteiger partial charge in [0.2, 0.25) is 0 Å². The Morgan fingerprint density at radius 3 is 2.85 bits per heavy atom. The first-order valence-electron chi connectivity index (χ1n) is 6.53. The van der Waals surface area contributed by atoms with Gasteiger partial charge in [0.1, 0.15) is 5.01 Å². The summed E-state index contributed by atoms with van der Waals surface area (Å²) < 4.78 is 0. The van der Waals surface area contributed by atoms with E-state index < -0.39 is 0 Å². The average Bonchev–Trinajstić information content (AvgIpc) is 2.98. The van der Waals surface area contributed by atoms with Crippen LogP contribution in [-0.4, -0.2) is 17.1 Å². The molecule has 2 aromatic heterocycles. The maximum atomic E-state index is 11.8. The summed E-state index contributed by atoms with van der Waals surface area (Å²) in [7, 11) is 0. The Balaban J connectivity index is 1.74. The molecule has 1 atom stereocenters. The van der Waals surface area contributed by atoms with Gasteiger partial charge in [0.05, 0.1) is 12.2 Å². The molecule has 0 aromatic carbocycles. The molecule has 0 saturated heterocycles. The van der Waals surface area contributed by atoms with E-state index >= 15 is 0 Å². The number of rotatable bonds is 5. The lowest BCUT2D eigenvalue weighted by Gasteiger charge is -2.13. The third kappa shape index (κ3) is 4.31. The highest BCUT2D eigenvalue weighted by atomic mass is 32.1. The molecule has 0 unspecified atom stereocenters. The van der Waals surface area contributed by atoms with E-state index in [2.05, 4.69) is 32.4 Å². The summed E-state index contributed by atoms with van der Waals surface area (Å²) in [5, 5.41) is 10.9. The molecular weight excluding hydrogens is 290 g/mol. The van der Waals surface area contributed by atoms with Crippen LogP contribution in [0.4, 0.5) is 4.79 Å². The molecule has 2 aromatic rings. The van der Waals surface area contributed by atoms with Gasteiger partial charge in [-0.3, -0.25) is 0 Å². The third-order valence-electron chi connectivity index (χ3n) is 2.97. The quantitative estimate of drug-likeness (QED) is 0.891. The number of urea groups is 1. The van der Waals surface area contributed by atoms with Crippen molar-refractivity contribution in [3.63, 3.8) is 0 Å². The largest absolute Gasteiger partial charge is 0.335 e. The Morgan fingerprint density at radius 2 is 2.25 bits per heavy atom. The van der Waals surface area contributed by atoms with E-state index in [1.165, 1.54) is 10.4 Å². The van der Waals surface area contributed by atoms with E-state index in [9.17, 15) is 4.79 Å². The van der Waals surface area contributed by atoms with Crippen LogP contribution in [0.5, 0.6) is 0 Å². The molecule has 4 nitrogen and oxygen atoms in total. The van der Waals surface area contributed by atoms with Crippen molar-refractivity contribution in [1.82, 2.24) is 15.6 Å². The van der Waals surface area contributed by atoms with Crippen molar-refractivity contribution in [2.45, 2.75) is 39.8 Å². The van der Waals surface area contributed by atoms with Crippen LogP contribution in [0.3, 0.4) is 0 Å². The van der Waals surface area contributed by atoms with Crippen molar-refractivity contribution < 1.29 is 4.79 Å². The van der Waals surface area contributed by atoms with Gasteiger partial charge >= 0.3 is 6.03 Å². The predicted molar refractivity (Wildman–Crippen MR) is 84.4 cm³/mol. The Morgan fingerprint density at radius 1 is 1.45 bits per heavy atom. The molecule has 2 N–H and O–H groups in total. The Kier molecular flexibility index (Phi) is 5.14. The summed E-state index contributed by atoms with van der Waals surface area (Å²) in [6.07, 6.45) is 0.854. The second-order valence-corrected chi connectivity index (χ2v) is 6.88. The molecule has 0 aliphatic heterocycles. The minimum absolute atomic E-state index is 0.115. The van der Waals surface area contributed by atoms with Gasteiger partial charge in [0, 0.05) is 10.9 Å². The molecule has 0 spiro atoms. The predicted octanol–water partition coefficient (Wildman–Crippen LogP) is 3.25. The van der Waals surface area contributed by atoms with E-state index in [-0.39, 0.29) is 12.1 Å². The molecule has 0 radical (unpaired) electrons. The van der Waals surface area contributed by atoms with E-state index in [1.54, 1.807) is 22.7 Å². The summed E-state index contributed by atoms with van der Waals surface area (Å²) >= 11 is 3.30. The Bertz CT molecular complexity index is 543. The van der Waals surface area contributed by atoms with E-state index in [1.807, 2.05) is 20.8 Å². The monoisotopic (exact) mass is 309 g/mol. The average molecular weight is 309 g/mol. The first-order chi connectivity index (χ1) is 9.54. The number of nitrogens with one attached hydrogen (secondary N) is 2. The highest BCUT2D eigenvalue weighted by molar-refractivity contribution is 7.11. The summed E-state index contributed by atoms with van der Waals surface area (Å²) in [5.41, 5.74) is 2.30. The minimum Gasteiger partial charge on any atom is -0.335 e. The van der Waals surface area contributed by atoms with Crippen molar-refractivity contribution in [3.8, 4) is 0 Å². The molecule has 108 valence electrons. The van der Waals surface area contributed by atoms with Gasteiger partial charge in [-0.15, -0.1) is 11.3 Å². The highest BCUT2D eigenvalue weighted by Gasteiger charge is 2.09. The van der Waals surface area contributed by atoms with E-state index in [0.717, 1.165) is 17.1 Å². The molecule has 20 heavy (non-hydrogen) atoms. The number of thiophene rings is 1. The first-order valence-corrected chi connectivity index (χ1v) is 8.29. The number of carbonyl (C=O) groups is 1. The second-order valence-electron chi connectivity index (χ2n) is 4.81. The second kappa shape index (κ2) is 6.85. The molecule has 2 rings (SSSR count). The fourth-order valence-electron chi connectivity index (χ4n) is 1.86. The molecular formula is C14H19N3OS2. The molecule has 6 heteroatoms. The number of hydrogen-bond acceptors (Lipinski definition) is 4. The van der Waals surface area contributed by atoms with Crippen LogP contribution in [0, 0.1) is 13.8 Å². The topological polar surface area (TPSA) is 54.0 Å². The van der Waals surface area contributed by atoms with Crippen molar-refractivity contribution >= 4 is 28.7 Å². The first kappa shape index (κ1) is 15.0. The van der Waals surface area contributed by atoms with Gasteiger partial charge in [-0.25, -0.2) is 9.78 Å². The van der Waals surface area contributed by atoms with E-state index in [0.29, 0.717) is 6.54 Å². The molecule has 0 aliphatic carbocycles. The van der Waals surface area contributed by atoms with Gasteiger partial charge in [-0.1, -0.05) is 0 Å². The number of nitrogens with zero attached hydrogens (tertiary/aromatic N) is 1. The molecule has 0 fully saturated rings. The fraction of sp³-hybridized carbons (Fsp3) is 0.429. The Labute approximate surface area is 127 Å². The summed E-state index contributed by atoms with van der Waals surface area (Å²) in [6, 6.07) is 2.06. The number of aromatic nitrogens is 1. The number of amides is 2. The lowest BCUT2D eigenvalue weighted by Crippen LogP contribution is -2.41. The normalized spacial score (nSPS) is 12.2. The van der Waals surface area contributed by atoms with Gasteiger partial charge in [-0.2, -0.15) is 11.3 Å². The lowest BCUT2D eigenvalue weighted by molar-refractivity contribution is 0.237. The zero-order valence-corrected chi connectivity index (χ0v) is 13.5. The fourth-order valence-corrected chi connectivity index (χ4v) is 3.41. The molecule has 2 heterocycles. The van der Waals surface area contributed by atoms with Gasteiger partial charge in [-0.05, 0) is 49.6 Å². The maximum absolute atomic E-state index is 11.8. The van der Waals surface area contributed by atoms with Crippen molar-refractivity contribution in [2.24, 2.45) is 0 Å². The smallest absolute Gasteiger partial charge is 0.315 e. The highest BCUT2D eigenvalue weighted by Crippen LogP contribution is 2.15. The van der Waals surface area contributed by atoms with Crippen molar-refractivity contribution in [1.29, 1.82) is 0 Å². The molecule has 0 bridgehead atoms. The third-order valence-corrected chi connectivity index (χ3v) is 4.78. The van der Waals surface area contributed by atoms with E-state index in [4.69, 9.17) is 0 Å². The zero-order valence-electron chi connectivity index (χ0n) is 11.9. The standard InChI is InChI=1S/C14H19N3OS2/c1-9(6-12-4-5-19-8-12)16-14(18)15-7-13-17-10(2)11(3)20-13/h4-5,8-9H,6-7H2,1-3H3,(H2,15,16,18)/t9-/m0/s1. The summed E-state index contributed by atoms with van der Waals surface area (Å²) in [4.78, 5) is 17.4. The van der Waals surface area contributed by atoms with Crippen LogP contribution < -0.4 is 10.6 Å². The van der Waals surface area contributed by atoms with Crippen LogP contribution in [0.15, 0.2) is 16.8 Å². The molecule has 0 saturated carbocycles. The summed E-state index contributed by atoms with van der Waals surface area (Å²) in [6.45, 7) is 6.52.